The third-order valence-corrected chi connectivity index (χ3v) is 5.34. The second-order valence-electron chi connectivity index (χ2n) is 6.73. The zero-order valence-electron chi connectivity index (χ0n) is 13.8. The number of carbonyl (C=O) groups is 2. The molecular weight excluding hydrogens is 336 g/mol. The van der Waals surface area contributed by atoms with Gasteiger partial charge in [-0.1, -0.05) is 41.9 Å². The van der Waals surface area contributed by atoms with Crippen molar-refractivity contribution in [1.82, 2.24) is 5.32 Å². The van der Waals surface area contributed by atoms with E-state index < -0.39 is 5.41 Å². The first-order chi connectivity index (χ1) is 12.1. The van der Waals surface area contributed by atoms with Gasteiger partial charge in [0.2, 0.25) is 11.8 Å². The molecule has 128 valence electrons. The van der Waals surface area contributed by atoms with Gasteiger partial charge in [0.1, 0.15) is 5.41 Å². The SMILES string of the molecule is O=C(NCc1ccc(Cl)cc1)C1(C(=O)N2CCc3ccccc32)CC1. The number of fused-ring (bicyclic) bond motifs is 1. The summed E-state index contributed by atoms with van der Waals surface area (Å²) in [5, 5.41) is 3.58. The molecule has 1 aliphatic heterocycles. The Hall–Kier alpha value is -2.33. The quantitative estimate of drug-likeness (QED) is 0.856. The Balaban J connectivity index is 1.45. The maximum absolute atomic E-state index is 13.0. The number of carbonyl (C=O) groups excluding carboxylic acids is 2. The predicted octanol–water partition coefficient (Wildman–Crippen LogP) is 3.33. The van der Waals surface area contributed by atoms with Crippen molar-refractivity contribution in [2.75, 3.05) is 11.4 Å². The molecule has 2 amide bonds. The number of anilines is 1. The van der Waals surface area contributed by atoms with E-state index in [0.29, 0.717) is 31.0 Å². The van der Waals surface area contributed by atoms with Crippen molar-refractivity contribution in [1.29, 1.82) is 0 Å². The summed E-state index contributed by atoms with van der Waals surface area (Å²) in [6, 6.07) is 15.3. The number of halogens is 1. The summed E-state index contributed by atoms with van der Waals surface area (Å²) in [6.07, 6.45) is 2.10. The van der Waals surface area contributed by atoms with E-state index in [1.165, 1.54) is 5.56 Å². The van der Waals surface area contributed by atoms with E-state index in [-0.39, 0.29) is 11.8 Å². The Morgan fingerprint density at radius 3 is 2.52 bits per heavy atom. The zero-order chi connectivity index (χ0) is 17.4. The van der Waals surface area contributed by atoms with Crippen LogP contribution in [0.15, 0.2) is 48.5 Å². The summed E-state index contributed by atoms with van der Waals surface area (Å²) < 4.78 is 0. The molecule has 25 heavy (non-hydrogen) atoms. The molecule has 0 unspecified atom stereocenters. The van der Waals surface area contributed by atoms with E-state index in [1.807, 2.05) is 36.4 Å². The molecule has 0 bridgehead atoms. The maximum atomic E-state index is 13.0. The van der Waals surface area contributed by atoms with Gasteiger partial charge in [-0.15, -0.1) is 0 Å². The van der Waals surface area contributed by atoms with Crippen molar-refractivity contribution in [3.8, 4) is 0 Å². The second-order valence-corrected chi connectivity index (χ2v) is 7.16. The van der Waals surface area contributed by atoms with E-state index in [0.717, 1.165) is 17.7 Å². The van der Waals surface area contributed by atoms with Crippen molar-refractivity contribution in [2.45, 2.75) is 25.8 Å². The molecule has 1 fully saturated rings. The molecule has 2 aliphatic rings. The van der Waals surface area contributed by atoms with Gasteiger partial charge in [0.05, 0.1) is 0 Å². The van der Waals surface area contributed by atoms with Crippen LogP contribution in [0.25, 0.3) is 0 Å². The van der Waals surface area contributed by atoms with Crippen LogP contribution in [0.1, 0.15) is 24.0 Å². The number of nitrogens with one attached hydrogen (secondary N) is 1. The summed E-state index contributed by atoms with van der Waals surface area (Å²) in [6.45, 7) is 1.06. The fourth-order valence-corrected chi connectivity index (χ4v) is 3.55. The molecule has 1 N–H and O–H groups in total. The molecule has 0 aromatic heterocycles. The standard InChI is InChI=1S/C20H19ClN2O2/c21-16-7-5-14(6-8-16)13-22-18(24)20(10-11-20)19(25)23-12-9-15-3-1-2-4-17(15)23/h1-8H,9-13H2,(H,22,24). The van der Waals surface area contributed by atoms with E-state index >= 15 is 0 Å². The summed E-state index contributed by atoms with van der Waals surface area (Å²) in [5.74, 6) is -0.233. The summed E-state index contributed by atoms with van der Waals surface area (Å²) >= 11 is 5.87. The lowest BCUT2D eigenvalue weighted by Crippen LogP contribution is -2.44. The minimum Gasteiger partial charge on any atom is -0.351 e. The van der Waals surface area contributed by atoms with Gasteiger partial charge in [0.25, 0.3) is 0 Å². The van der Waals surface area contributed by atoms with Gasteiger partial charge in [-0.05, 0) is 48.6 Å². The fourth-order valence-electron chi connectivity index (χ4n) is 3.42. The van der Waals surface area contributed by atoms with E-state index in [2.05, 4.69) is 5.32 Å². The number of benzene rings is 2. The monoisotopic (exact) mass is 354 g/mol. The normalized spacial score (nSPS) is 17.1. The van der Waals surface area contributed by atoms with Gasteiger partial charge in [-0.25, -0.2) is 0 Å². The molecule has 1 saturated carbocycles. The average Bonchev–Trinajstić information content (AvgIpc) is 3.34. The lowest BCUT2D eigenvalue weighted by Gasteiger charge is -2.23. The van der Waals surface area contributed by atoms with Crippen molar-refractivity contribution >= 4 is 29.1 Å². The first-order valence-corrected chi connectivity index (χ1v) is 8.91. The molecule has 2 aromatic rings. The molecule has 2 aromatic carbocycles. The number of hydrogen-bond acceptors (Lipinski definition) is 2. The van der Waals surface area contributed by atoms with Gasteiger partial charge in [0.15, 0.2) is 0 Å². The number of rotatable bonds is 4. The molecular formula is C20H19ClN2O2. The molecule has 1 heterocycles. The smallest absolute Gasteiger partial charge is 0.242 e. The van der Waals surface area contributed by atoms with Crippen molar-refractivity contribution in [3.63, 3.8) is 0 Å². The topological polar surface area (TPSA) is 49.4 Å². The molecule has 5 heteroatoms. The highest BCUT2D eigenvalue weighted by molar-refractivity contribution is 6.30. The van der Waals surface area contributed by atoms with Crippen LogP contribution in [-0.2, 0) is 22.6 Å². The van der Waals surface area contributed by atoms with Crippen LogP contribution in [-0.4, -0.2) is 18.4 Å². The van der Waals surface area contributed by atoms with Crippen molar-refractivity contribution in [3.05, 3.63) is 64.7 Å². The van der Waals surface area contributed by atoms with Crippen LogP contribution in [0.3, 0.4) is 0 Å². The van der Waals surface area contributed by atoms with Gasteiger partial charge < -0.3 is 10.2 Å². The van der Waals surface area contributed by atoms with Crippen LogP contribution in [0, 0.1) is 5.41 Å². The highest BCUT2D eigenvalue weighted by Crippen LogP contribution is 2.49. The van der Waals surface area contributed by atoms with E-state index in [1.54, 1.807) is 17.0 Å². The highest BCUT2D eigenvalue weighted by Gasteiger charge is 2.58. The van der Waals surface area contributed by atoms with Crippen molar-refractivity contribution < 1.29 is 9.59 Å². The lowest BCUT2D eigenvalue weighted by atomic mass is 10.0. The molecule has 0 saturated heterocycles. The Morgan fingerprint density at radius 1 is 1.08 bits per heavy atom. The van der Waals surface area contributed by atoms with Crippen LogP contribution >= 0.6 is 11.6 Å². The summed E-state index contributed by atoms with van der Waals surface area (Å²) in [7, 11) is 0. The molecule has 4 nitrogen and oxygen atoms in total. The minimum absolute atomic E-state index is 0.0638. The summed E-state index contributed by atoms with van der Waals surface area (Å²) in [5.41, 5.74) is 2.20. The van der Waals surface area contributed by atoms with E-state index in [4.69, 9.17) is 11.6 Å². The lowest BCUT2D eigenvalue weighted by molar-refractivity contribution is -0.135. The number of nitrogens with zero attached hydrogens (tertiary/aromatic N) is 1. The van der Waals surface area contributed by atoms with Crippen LogP contribution in [0.5, 0.6) is 0 Å². The Morgan fingerprint density at radius 2 is 1.80 bits per heavy atom. The first kappa shape index (κ1) is 16.2. The summed E-state index contributed by atoms with van der Waals surface area (Å²) in [4.78, 5) is 27.5. The van der Waals surface area contributed by atoms with Crippen LogP contribution < -0.4 is 10.2 Å². The number of amides is 2. The Kier molecular flexibility index (Phi) is 4.00. The molecule has 1 aliphatic carbocycles. The van der Waals surface area contributed by atoms with Crippen molar-refractivity contribution in [2.24, 2.45) is 5.41 Å². The largest absolute Gasteiger partial charge is 0.351 e. The Labute approximate surface area is 151 Å². The predicted molar refractivity (Wildman–Crippen MR) is 97.5 cm³/mol. The minimum atomic E-state index is -0.885. The average molecular weight is 355 g/mol. The second kappa shape index (κ2) is 6.19. The zero-order valence-corrected chi connectivity index (χ0v) is 14.6. The first-order valence-electron chi connectivity index (χ1n) is 8.53. The molecule has 0 spiro atoms. The third kappa shape index (κ3) is 2.91. The third-order valence-electron chi connectivity index (χ3n) is 5.09. The number of hydrogen-bond donors (Lipinski definition) is 1. The van der Waals surface area contributed by atoms with Gasteiger partial charge in [0, 0.05) is 23.8 Å². The molecule has 4 rings (SSSR count). The molecule has 0 radical (unpaired) electrons. The fraction of sp³-hybridized carbons (Fsp3) is 0.300. The van der Waals surface area contributed by atoms with Gasteiger partial charge >= 0.3 is 0 Å². The maximum Gasteiger partial charge on any atom is 0.242 e. The number of para-hydroxylation sites is 1. The highest BCUT2D eigenvalue weighted by atomic mass is 35.5. The van der Waals surface area contributed by atoms with Crippen LogP contribution in [0.4, 0.5) is 5.69 Å². The van der Waals surface area contributed by atoms with E-state index in [9.17, 15) is 9.59 Å². The molecule has 0 atom stereocenters. The van der Waals surface area contributed by atoms with Gasteiger partial charge in [-0.2, -0.15) is 0 Å². The van der Waals surface area contributed by atoms with Crippen LogP contribution in [0.2, 0.25) is 5.02 Å². The Bertz CT molecular complexity index is 828. The van der Waals surface area contributed by atoms with Gasteiger partial charge in [-0.3, -0.25) is 9.59 Å².